The summed E-state index contributed by atoms with van der Waals surface area (Å²) in [6, 6.07) is 0. The van der Waals surface area contributed by atoms with Gasteiger partial charge in [0.15, 0.2) is 6.29 Å². The fraction of sp³-hybridized carbons (Fsp3) is 1.00. The van der Waals surface area contributed by atoms with Crippen LogP contribution in [0.25, 0.3) is 0 Å². The minimum absolute atomic E-state index is 0.0334. The number of hydrogen-bond donors (Lipinski definition) is 1. The van der Waals surface area contributed by atoms with E-state index in [0.717, 1.165) is 12.8 Å². The highest BCUT2D eigenvalue weighted by atomic mass is 16.8. The lowest BCUT2D eigenvalue weighted by molar-refractivity contribution is -0.205. The number of fused-ring (bicyclic) bond motifs is 1. The monoisotopic (exact) mass is 214 g/mol. The number of rotatable bonds is 3. The second-order valence-electron chi connectivity index (χ2n) is 4.69. The number of hydrogen-bond acceptors (Lipinski definition) is 4. The largest absolute Gasteiger partial charge is 0.394 e. The summed E-state index contributed by atoms with van der Waals surface area (Å²) in [5, 5.41) is 9.03. The molecule has 1 aliphatic carbocycles. The van der Waals surface area contributed by atoms with Gasteiger partial charge in [-0.2, -0.15) is 0 Å². The predicted molar refractivity (Wildman–Crippen MR) is 52.4 cm³/mol. The maximum Gasteiger partial charge on any atom is 0.187 e. The molecular weight excluding hydrogens is 196 g/mol. The molecule has 86 valence electrons. The minimum Gasteiger partial charge on any atom is -0.394 e. The summed E-state index contributed by atoms with van der Waals surface area (Å²) < 4.78 is 16.9. The zero-order valence-electron chi connectivity index (χ0n) is 8.80. The summed E-state index contributed by atoms with van der Waals surface area (Å²) in [7, 11) is 0. The van der Waals surface area contributed by atoms with Gasteiger partial charge in [0.1, 0.15) is 18.3 Å². The molecule has 4 nitrogen and oxygen atoms in total. The molecule has 0 unspecified atom stereocenters. The Kier molecular flexibility index (Phi) is 2.68. The normalized spacial score (nSPS) is 45.4. The molecule has 0 aromatic carbocycles. The van der Waals surface area contributed by atoms with Gasteiger partial charge < -0.3 is 19.3 Å². The number of aliphatic hydroxyl groups excluding tert-OH is 1. The Hall–Kier alpha value is -0.160. The Morgan fingerprint density at radius 1 is 1.07 bits per heavy atom. The fourth-order valence-corrected chi connectivity index (χ4v) is 2.63. The van der Waals surface area contributed by atoms with Crippen LogP contribution in [0.1, 0.15) is 32.1 Å². The highest BCUT2D eigenvalue weighted by Gasteiger charge is 2.59. The average Bonchev–Trinajstić information content (AvgIpc) is 3.00. The van der Waals surface area contributed by atoms with E-state index >= 15 is 0 Å². The van der Waals surface area contributed by atoms with Crippen LogP contribution in [0.15, 0.2) is 0 Å². The van der Waals surface area contributed by atoms with Crippen LogP contribution < -0.4 is 0 Å². The second-order valence-corrected chi connectivity index (χ2v) is 4.69. The zero-order valence-corrected chi connectivity index (χ0v) is 8.80. The van der Waals surface area contributed by atoms with Crippen molar-refractivity contribution in [1.29, 1.82) is 0 Å². The van der Waals surface area contributed by atoms with Gasteiger partial charge in [-0.15, -0.1) is 0 Å². The summed E-state index contributed by atoms with van der Waals surface area (Å²) in [6.45, 7) is 0.0334. The summed E-state index contributed by atoms with van der Waals surface area (Å²) in [5.41, 5.74) is 0. The third kappa shape index (κ3) is 1.91. The SMILES string of the molecule is OC[C@H]1O[C@H](OC2CCCCC2)[C@@H]2O[C@@H]21. The highest BCUT2D eigenvalue weighted by molar-refractivity contribution is 5.00. The molecule has 0 amide bonds. The first kappa shape index (κ1) is 10.0. The molecule has 2 aliphatic heterocycles. The van der Waals surface area contributed by atoms with Gasteiger partial charge in [0, 0.05) is 0 Å². The maximum absolute atomic E-state index is 9.03. The quantitative estimate of drug-likeness (QED) is 0.707. The van der Waals surface area contributed by atoms with E-state index in [0.29, 0.717) is 6.10 Å². The molecular formula is C11H18O4. The van der Waals surface area contributed by atoms with E-state index in [1.54, 1.807) is 0 Å². The Bertz CT molecular complexity index is 227. The number of epoxide rings is 1. The molecule has 0 spiro atoms. The van der Waals surface area contributed by atoms with Crippen molar-refractivity contribution in [2.24, 2.45) is 0 Å². The molecule has 0 bridgehead atoms. The van der Waals surface area contributed by atoms with Crippen LogP contribution in [0.5, 0.6) is 0 Å². The van der Waals surface area contributed by atoms with Crippen molar-refractivity contribution >= 4 is 0 Å². The van der Waals surface area contributed by atoms with Gasteiger partial charge >= 0.3 is 0 Å². The van der Waals surface area contributed by atoms with Gasteiger partial charge in [0.25, 0.3) is 0 Å². The Morgan fingerprint density at radius 2 is 1.87 bits per heavy atom. The van der Waals surface area contributed by atoms with Crippen LogP contribution in [0, 0.1) is 0 Å². The van der Waals surface area contributed by atoms with Gasteiger partial charge in [0.05, 0.1) is 12.7 Å². The van der Waals surface area contributed by atoms with E-state index in [2.05, 4.69) is 0 Å². The van der Waals surface area contributed by atoms with Crippen LogP contribution in [-0.4, -0.2) is 42.4 Å². The van der Waals surface area contributed by atoms with Crippen LogP contribution in [0.2, 0.25) is 0 Å². The van der Waals surface area contributed by atoms with Crippen LogP contribution in [-0.2, 0) is 14.2 Å². The molecule has 0 radical (unpaired) electrons. The highest BCUT2D eigenvalue weighted by Crippen LogP contribution is 2.40. The first-order valence-electron chi connectivity index (χ1n) is 5.96. The Balaban J connectivity index is 1.51. The first-order chi connectivity index (χ1) is 7.38. The lowest BCUT2D eigenvalue weighted by Gasteiger charge is -2.26. The van der Waals surface area contributed by atoms with Crippen LogP contribution in [0.3, 0.4) is 0 Å². The standard InChI is InChI=1S/C11H18O4/c12-6-8-9-10(15-9)11(14-8)13-7-4-2-1-3-5-7/h7-12H,1-6H2/t8-,9-,10-,11+/m1/s1. The lowest BCUT2D eigenvalue weighted by atomic mass is 9.98. The van der Waals surface area contributed by atoms with Crippen molar-refractivity contribution in [3.8, 4) is 0 Å². The van der Waals surface area contributed by atoms with E-state index in [9.17, 15) is 0 Å². The summed E-state index contributed by atoms with van der Waals surface area (Å²) >= 11 is 0. The smallest absolute Gasteiger partial charge is 0.187 e. The van der Waals surface area contributed by atoms with E-state index in [1.807, 2.05) is 0 Å². The lowest BCUT2D eigenvalue weighted by Crippen LogP contribution is -2.30. The van der Waals surface area contributed by atoms with Crippen molar-refractivity contribution in [3.05, 3.63) is 0 Å². The van der Waals surface area contributed by atoms with Gasteiger partial charge in [-0.05, 0) is 12.8 Å². The molecule has 0 aromatic rings. The third-order valence-electron chi connectivity index (χ3n) is 3.56. The first-order valence-corrected chi connectivity index (χ1v) is 5.96. The molecule has 1 N–H and O–H groups in total. The van der Waals surface area contributed by atoms with E-state index in [4.69, 9.17) is 19.3 Å². The molecule has 3 rings (SSSR count). The Morgan fingerprint density at radius 3 is 2.53 bits per heavy atom. The summed E-state index contributed by atoms with van der Waals surface area (Å²) in [4.78, 5) is 0. The third-order valence-corrected chi connectivity index (χ3v) is 3.56. The minimum atomic E-state index is -0.227. The molecule has 15 heavy (non-hydrogen) atoms. The molecule has 4 atom stereocenters. The maximum atomic E-state index is 9.03. The molecule has 0 aromatic heterocycles. The number of aliphatic hydroxyl groups is 1. The molecule has 4 heteroatoms. The Labute approximate surface area is 89.5 Å². The van der Waals surface area contributed by atoms with Crippen LogP contribution >= 0.6 is 0 Å². The van der Waals surface area contributed by atoms with Crippen molar-refractivity contribution in [3.63, 3.8) is 0 Å². The molecule has 2 heterocycles. The fourth-order valence-electron chi connectivity index (χ4n) is 2.63. The molecule has 3 fully saturated rings. The van der Waals surface area contributed by atoms with Crippen LogP contribution in [0.4, 0.5) is 0 Å². The van der Waals surface area contributed by atoms with Crippen molar-refractivity contribution in [1.82, 2.24) is 0 Å². The van der Waals surface area contributed by atoms with E-state index in [1.165, 1.54) is 19.3 Å². The zero-order chi connectivity index (χ0) is 10.3. The van der Waals surface area contributed by atoms with Gasteiger partial charge in [-0.3, -0.25) is 0 Å². The van der Waals surface area contributed by atoms with Gasteiger partial charge in [0.2, 0.25) is 0 Å². The molecule has 2 saturated heterocycles. The number of ether oxygens (including phenoxy) is 3. The topological polar surface area (TPSA) is 51.2 Å². The van der Waals surface area contributed by atoms with E-state index in [-0.39, 0.29) is 31.2 Å². The van der Waals surface area contributed by atoms with Crippen molar-refractivity contribution in [2.75, 3.05) is 6.61 Å². The van der Waals surface area contributed by atoms with E-state index < -0.39 is 0 Å². The average molecular weight is 214 g/mol. The van der Waals surface area contributed by atoms with Crippen molar-refractivity contribution < 1.29 is 19.3 Å². The molecule has 3 aliphatic rings. The van der Waals surface area contributed by atoms with Gasteiger partial charge in [-0.1, -0.05) is 19.3 Å². The van der Waals surface area contributed by atoms with Crippen molar-refractivity contribution in [2.45, 2.75) is 62.8 Å². The molecule has 1 saturated carbocycles. The second kappa shape index (κ2) is 4.01. The predicted octanol–water partition coefficient (Wildman–Crippen LogP) is 0.820. The summed E-state index contributed by atoms with van der Waals surface area (Å²) in [5.74, 6) is 0. The summed E-state index contributed by atoms with van der Waals surface area (Å²) in [6.07, 6.45) is 6.25. The van der Waals surface area contributed by atoms with Gasteiger partial charge in [-0.25, -0.2) is 0 Å².